The van der Waals surface area contributed by atoms with Gasteiger partial charge in [-0.15, -0.1) is 0 Å². The van der Waals surface area contributed by atoms with Crippen LogP contribution in [0.4, 0.5) is 0 Å². The summed E-state index contributed by atoms with van der Waals surface area (Å²) in [5, 5.41) is 0.623. The largest absolute Gasteiger partial charge is 0.488 e. The van der Waals surface area contributed by atoms with Gasteiger partial charge in [0.2, 0.25) is 11.8 Å². The second-order valence-corrected chi connectivity index (χ2v) is 6.46. The van der Waals surface area contributed by atoms with Crippen molar-refractivity contribution in [3.05, 3.63) is 29.3 Å². The minimum Gasteiger partial charge on any atom is -0.488 e. The lowest BCUT2D eigenvalue weighted by Gasteiger charge is -2.33. The number of rotatable bonds is 5. The minimum atomic E-state index is -0.0455. The van der Waals surface area contributed by atoms with Crippen LogP contribution in [0.2, 0.25) is 5.02 Å². The van der Waals surface area contributed by atoms with E-state index in [0.29, 0.717) is 36.7 Å². The Bertz CT molecular complexity index is 577. The average Bonchev–Trinajstić information content (AvgIpc) is 2.87. The van der Waals surface area contributed by atoms with E-state index in [2.05, 4.69) is 4.90 Å². The van der Waals surface area contributed by atoms with E-state index in [-0.39, 0.29) is 17.9 Å². The van der Waals surface area contributed by atoms with Gasteiger partial charge in [0.1, 0.15) is 11.9 Å². The van der Waals surface area contributed by atoms with E-state index < -0.39 is 0 Å². The number of nitrogens with zero attached hydrogens (tertiary/aromatic N) is 2. The normalized spacial score (nSPS) is 22.7. The van der Waals surface area contributed by atoms with Crippen LogP contribution in [0.25, 0.3) is 0 Å². The highest BCUT2D eigenvalue weighted by atomic mass is 35.5. The molecule has 0 spiro atoms. The number of imide groups is 1. The van der Waals surface area contributed by atoms with Crippen molar-refractivity contribution >= 4 is 23.4 Å². The number of piperidine rings is 1. The van der Waals surface area contributed by atoms with Crippen LogP contribution in [-0.2, 0) is 9.59 Å². The summed E-state index contributed by atoms with van der Waals surface area (Å²) in [7, 11) is 0. The van der Waals surface area contributed by atoms with E-state index >= 15 is 0 Å². The zero-order valence-corrected chi connectivity index (χ0v) is 13.8. The number of ether oxygens (including phenoxy) is 1. The Labute approximate surface area is 141 Å². The Balaban J connectivity index is 1.51. The molecule has 5 nitrogen and oxygen atoms in total. The maximum atomic E-state index is 11.6. The smallest absolute Gasteiger partial charge is 0.229 e. The lowest BCUT2D eigenvalue weighted by Crippen LogP contribution is -2.45. The molecule has 0 bridgehead atoms. The van der Waals surface area contributed by atoms with Crippen molar-refractivity contribution < 1.29 is 14.3 Å². The fourth-order valence-electron chi connectivity index (χ4n) is 3.15. The van der Waals surface area contributed by atoms with Gasteiger partial charge < -0.3 is 4.74 Å². The third-order valence-corrected chi connectivity index (χ3v) is 4.70. The Morgan fingerprint density at radius 1 is 1.13 bits per heavy atom. The SMILES string of the molecule is O=C1CCC(=O)N1CCN1CCC[C@@H](Oc2ccccc2Cl)C1. The fourth-order valence-corrected chi connectivity index (χ4v) is 3.33. The molecule has 2 aliphatic rings. The number of amides is 2. The molecule has 2 saturated heterocycles. The zero-order chi connectivity index (χ0) is 16.2. The molecule has 1 aromatic carbocycles. The van der Waals surface area contributed by atoms with Crippen LogP contribution in [0.3, 0.4) is 0 Å². The van der Waals surface area contributed by atoms with Gasteiger partial charge >= 0.3 is 0 Å². The van der Waals surface area contributed by atoms with E-state index in [4.69, 9.17) is 16.3 Å². The standard InChI is InChI=1S/C17H21ClN2O3/c18-14-5-1-2-6-15(14)23-13-4-3-9-19(12-13)10-11-20-16(21)7-8-17(20)22/h1-2,5-6,13H,3-4,7-12H2/t13-/m1/s1. The topological polar surface area (TPSA) is 49.9 Å². The van der Waals surface area contributed by atoms with E-state index in [9.17, 15) is 9.59 Å². The summed E-state index contributed by atoms with van der Waals surface area (Å²) in [4.78, 5) is 26.9. The summed E-state index contributed by atoms with van der Waals surface area (Å²) in [5.41, 5.74) is 0. The van der Waals surface area contributed by atoms with Crippen LogP contribution in [-0.4, -0.2) is 53.9 Å². The monoisotopic (exact) mass is 336 g/mol. The minimum absolute atomic E-state index is 0.0455. The van der Waals surface area contributed by atoms with E-state index in [1.165, 1.54) is 4.90 Å². The van der Waals surface area contributed by atoms with Gasteiger partial charge in [0.05, 0.1) is 5.02 Å². The molecular weight excluding hydrogens is 316 g/mol. The average molecular weight is 337 g/mol. The Kier molecular flexibility index (Phi) is 5.18. The molecule has 2 fully saturated rings. The first kappa shape index (κ1) is 16.3. The molecule has 1 aromatic rings. The Morgan fingerprint density at radius 3 is 2.61 bits per heavy atom. The Hall–Kier alpha value is -1.59. The number of halogens is 1. The highest BCUT2D eigenvalue weighted by Crippen LogP contribution is 2.26. The van der Waals surface area contributed by atoms with Gasteiger partial charge in [0.15, 0.2) is 0 Å². The van der Waals surface area contributed by atoms with Crippen LogP contribution in [0.1, 0.15) is 25.7 Å². The van der Waals surface area contributed by atoms with Crippen molar-refractivity contribution in [3.63, 3.8) is 0 Å². The molecular formula is C17H21ClN2O3. The van der Waals surface area contributed by atoms with Crippen LogP contribution < -0.4 is 4.74 Å². The maximum absolute atomic E-state index is 11.6. The summed E-state index contributed by atoms with van der Waals surface area (Å²) in [6, 6.07) is 7.49. The first-order valence-electron chi connectivity index (χ1n) is 8.10. The van der Waals surface area contributed by atoms with E-state index in [0.717, 1.165) is 25.9 Å². The lowest BCUT2D eigenvalue weighted by atomic mass is 10.1. The van der Waals surface area contributed by atoms with Gasteiger partial charge in [-0.2, -0.15) is 0 Å². The van der Waals surface area contributed by atoms with Gasteiger partial charge in [-0.3, -0.25) is 19.4 Å². The molecule has 0 radical (unpaired) electrons. The van der Waals surface area contributed by atoms with E-state index in [1.54, 1.807) is 0 Å². The third-order valence-electron chi connectivity index (χ3n) is 4.39. The maximum Gasteiger partial charge on any atom is 0.229 e. The molecule has 0 saturated carbocycles. The van der Waals surface area contributed by atoms with Crippen molar-refractivity contribution in [3.8, 4) is 5.75 Å². The van der Waals surface area contributed by atoms with Crippen molar-refractivity contribution in [2.45, 2.75) is 31.8 Å². The number of likely N-dealkylation sites (tertiary alicyclic amines) is 2. The first-order valence-corrected chi connectivity index (χ1v) is 8.48. The predicted octanol–water partition coefficient (Wildman–Crippen LogP) is 2.33. The number of benzene rings is 1. The number of carbonyl (C=O) groups excluding carboxylic acids is 2. The summed E-state index contributed by atoms with van der Waals surface area (Å²) >= 11 is 6.14. The second kappa shape index (κ2) is 7.32. The molecule has 3 rings (SSSR count). The van der Waals surface area contributed by atoms with Crippen molar-refractivity contribution in [2.24, 2.45) is 0 Å². The van der Waals surface area contributed by atoms with Crippen LogP contribution >= 0.6 is 11.6 Å². The Morgan fingerprint density at radius 2 is 1.87 bits per heavy atom. The first-order chi connectivity index (χ1) is 11.1. The van der Waals surface area contributed by atoms with E-state index in [1.807, 2.05) is 24.3 Å². The molecule has 1 atom stereocenters. The van der Waals surface area contributed by atoms with Gasteiger partial charge in [-0.1, -0.05) is 23.7 Å². The molecule has 124 valence electrons. The zero-order valence-electron chi connectivity index (χ0n) is 13.0. The predicted molar refractivity (Wildman–Crippen MR) is 87.5 cm³/mol. The third kappa shape index (κ3) is 4.03. The van der Waals surface area contributed by atoms with Crippen molar-refractivity contribution in [2.75, 3.05) is 26.2 Å². The molecule has 23 heavy (non-hydrogen) atoms. The van der Waals surface area contributed by atoms with Gasteiger partial charge in [0, 0.05) is 32.5 Å². The van der Waals surface area contributed by atoms with Crippen LogP contribution in [0, 0.1) is 0 Å². The van der Waals surface area contributed by atoms with Crippen molar-refractivity contribution in [1.29, 1.82) is 0 Å². The van der Waals surface area contributed by atoms with Crippen molar-refractivity contribution in [1.82, 2.24) is 9.80 Å². The van der Waals surface area contributed by atoms with Crippen LogP contribution in [0.5, 0.6) is 5.75 Å². The number of carbonyl (C=O) groups is 2. The van der Waals surface area contributed by atoms with Crippen LogP contribution in [0.15, 0.2) is 24.3 Å². The second-order valence-electron chi connectivity index (χ2n) is 6.05. The quantitative estimate of drug-likeness (QED) is 0.774. The molecule has 0 aromatic heterocycles. The molecule has 0 N–H and O–H groups in total. The number of hydrogen-bond acceptors (Lipinski definition) is 4. The lowest BCUT2D eigenvalue weighted by molar-refractivity contribution is -0.138. The molecule has 0 aliphatic carbocycles. The molecule has 2 amide bonds. The molecule has 2 aliphatic heterocycles. The van der Waals surface area contributed by atoms with Gasteiger partial charge in [-0.25, -0.2) is 0 Å². The molecule has 2 heterocycles. The summed E-state index contributed by atoms with van der Waals surface area (Å²) in [6.45, 7) is 2.95. The van der Waals surface area contributed by atoms with Gasteiger partial charge in [-0.05, 0) is 31.5 Å². The summed E-state index contributed by atoms with van der Waals surface area (Å²) < 4.78 is 6.01. The van der Waals surface area contributed by atoms with Gasteiger partial charge in [0.25, 0.3) is 0 Å². The summed E-state index contributed by atoms with van der Waals surface area (Å²) in [5.74, 6) is 0.623. The molecule has 6 heteroatoms. The highest BCUT2D eigenvalue weighted by molar-refractivity contribution is 6.32. The highest BCUT2D eigenvalue weighted by Gasteiger charge is 2.29. The number of para-hydroxylation sites is 1. The fraction of sp³-hybridized carbons (Fsp3) is 0.529. The molecule has 0 unspecified atom stereocenters. The number of hydrogen-bond donors (Lipinski definition) is 0. The summed E-state index contributed by atoms with van der Waals surface area (Å²) in [6.07, 6.45) is 2.84.